The number of aromatic nitrogens is 3. The average Bonchev–Trinajstić information content (AvgIpc) is 1.63. The number of aromatic hydroxyl groups is 1. The maximum atomic E-state index is 15.6. The van der Waals surface area contributed by atoms with E-state index in [0.717, 1.165) is 28.5 Å². The Morgan fingerprint density at radius 2 is 1.24 bits per heavy atom. The number of carboxylic acid groups (broad SMARTS) is 1. The number of aliphatic imine (C=N–C) groups is 1. The van der Waals surface area contributed by atoms with Crippen molar-refractivity contribution in [2.24, 2.45) is 22.4 Å². The number of aliphatic carboxylic acids is 1. The Hall–Kier alpha value is -11.8. The molecule has 14 amide bonds. The number of guanidine groups is 1. The lowest BCUT2D eigenvalue weighted by atomic mass is 10.0. The van der Waals surface area contributed by atoms with Crippen LogP contribution >= 0.6 is 21.6 Å². The van der Waals surface area contributed by atoms with Crippen LogP contribution < -0.4 is 80.6 Å². The van der Waals surface area contributed by atoms with Gasteiger partial charge in [-0.05, 0) is 85.8 Å². The third-order valence-electron chi connectivity index (χ3n) is 19.3. The van der Waals surface area contributed by atoms with Crippen LogP contribution in [-0.2, 0) is 97.6 Å². The van der Waals surface area contributed by atoms with Gasteiger partial charge in [0.25, 0.3) is 0 Å². The molecular formula is C75H100N20O19S2. The quantitative estimate of drug-likeness (QED) is 0.0107. The van der Waals surface area contributed by atoms with E-state index in [1.165, 1.54) is 41.7 Å². The summed E-state index contributed by atoms with van der Waals surface area (Å²) in [5.41, 5.74) is 13.5. The Morgan fingerprint density at radius 3 is 1.91 bits per heavy atom. The molecule has 8 rings (SSSR count). The highest BCUT2D eigenvalue weighted by molar-refractivity contribution is 8.76. The Morgan fingerprint density at radius 1 is 0.629 bits per heavy atom. The first-order chi connectivity index (χ1) is 55.5. The van der Waals surface area contributed by atoms with Crippen molar-refractivity contribution >= 4 is 127 Å². The summed E-state index contributed by atoms with van der Waals surface area (Å²) in [5.74, 6) is -17.5. The molecule has 116 heavy (non-hydrogen) atoms. The normalized spacial score (nSPS) is 22.3. The molecule has 0 unspecified atom stereocenters. The molecule has 13 atom stereocenters. The number of carbonyl (C=O) groups is 15. The van der Waals surface area contributed by atoms with Crippen molar-refractivity contribution in [3.8, 4) is 5.75 Å². The molecule has 39 nitrogen and oxygen atoms in total. The summed E-state index contributed by atoms with van der Waals surface area (Å²) >= 11 is 0. The van der Waals surface area contributed by atoms with Crippen LogP contribution in [-0.4, -0.2) is 258 Å². The summed E-state index contributed by atoms with van der Waals surface area (Å²) in [4.78, 5) is 234. The number of hydrogen-bond acceptors (Lipinski definition) is 22. The smallest absolute Gasteiger partial charge is 0.326 e. The van der Waals surface area contributed by atoms with Gasteiger partial charge < -0.3 is 116 Å². The summed E-state index contributed by atoms with van der Waals surface area (Å²) in [7, 11) is 1.56. The van der Waals surface area contributed by atoms with Gasteiger partial charge in [0.2, 0.25) is 82.7 Å². The van der Waals surface area contributed by atoms with Crippen LogP contribution in [0.25, 0.3) is 10.9 Å². The molecule has 0 aliphatic carbocycles. The second kappa shape index (κ2) is 44.1. The number of aromatic amines is 2. The van der Waals surface area contributed by atoms with Crippen molar-refractivity contribution in [2.75, 3.05) is 44.4 Å². The van der Waals surface area contributed by atoms with Gasteiger partial charge in [-0.3, -0.25) is 72.1 Å². The van der Waals surface area contributed by atoms with E-state index in [2.05, 4.69) is 89.1 Å². The number of nitrogens with one attached hydrogen (secondary N) is 15. The number of amides is 14. The minimum absolute atomic E-state index is 0.0181. The average molecular weight is 1650 g/mol. The van der Waals surface area contributed by atoms with Gasteiger partial charge in [-0.25, -0.2) is 9.78 Å². The van der Waals surface area contributed by atoms with Crippen LogP contribution in [0.15, 0.2) is 103 Å². The number of fused-ring (bicyclic) bond motifs is 9. The van der Waals surface area contributed by atoms with Crippen molar-refractivity contribution in [3.63, 3.8) is 0 Å². The number of H-pyrrole nitrogens is 2. The lowest BCUT2D eigenvalue weighted by Crippen LogP contribution is -2.62. The number of nitrogens with zero attached hydrogens (tertiary/aromatic N) is 3. The van der Waals surface area contributed by atoms with E-state index < -0.39 is 211 Å². The number of aliphatic hydroxyl groups excluding tert-OH is 2. The molecule has 5 heterocycles. The monoisotopic (exact) mass is 1650 g/mol. The Kier molecular flexibility index (Phi) is 34.1. The molecule has 5 aromatic rings. The number of nitrogens with two attached hydrogens (primary N) is 2. The SMILES string of the molecule is CC(=O)N[C@@H](CO)C(=O)N[C@@H](Cc1ccc(O)cc1)C(=O)N[C@@H](CO)C(=O)N[C@H]1CSSC[C@@H]2NC(=O)[C@H](Cc3c[nH]c4ccccc34)NC(=O)[C@@H](CCCN=C(N)N)NC(=O)[C@@H](Cc3ccccc3)NC(=O)[C@@H](Cc3c[nH]cn3)NC(=O)[C@H](CC(=O)NCCCC[C@@H](C(=O)N3CCC[C@H]3C(=O)N[C@H](C(=O)O)C(C)C)NC2=O)NC1=O. The summed E-state index contributed by atoms with van der Waals surface area (Å²) in [6, 6.07) is -0.694. The van der Waals surface area contributed by atoms with Crippen molar-refractivity contribution in [1.82, 2.24) is 89.0 Å². The first-order valence-electron chi connectivity index (χ1n) is 37.8. The van der Waals surface area contributed by atoms with Crippen molar-refractivity contribution in [1.29, 1.82) is 0 Å². The molecule has 2 aromatic heterocycles. The molecule has 0 spiro atoms. The van der Waals surface area contributed by atoms with Crippen LogP contribution in [0.5, 0.6) is 5.75 Å². The third-order valence-corrected chi connectivity index (χ3v) is 21.7. The number of benzene rings is 3. The van der Waals surface area contributed by atoms with Gasteiger partial charge in [0.15, 0.2) is 5.96 Å². The fraction of sp³-hybridized carbons (Fsp3) is 0.480. The van der Waals surface area contributed by atoms with E-state index in [9.17, 15) is 54.0 Å². The summed E-state index contributed by atoms with van der Waals surface area (Å²) in [6.45, 7) is 1.85. The zero-order valence-corrected chi connectivity index (χ0v) is 65.6. The molecular weight excluding hydrogens is 1550 g/mol. The van der Waals surface area contributed by atoms with Crippen LogP contribution in [0.2, 0.25) is 0 Å². The predicted molar refractivity (Wildman–Crippen MR) is 423 cm³/mol. The summed E-state index contributed by atoms with van der Waals surface area (Å²) in [5, 5.41) is 75.2. The van der Waals surface area contributed by atoms with E-state index in [1.54, 1.807) is 74.6 Å². The fourth-order valence-corrected chi connectivity index (χ4v) is 15.4. The highest BCUT2D eigenvalue weighted by Crippen LogP contribution is 2.27. The number of carbonyl (C=O) groups excluding carboxylic acids is 14. The minimum Gasteiger partial charge on any atom is -0.508 e. The van der Waals surface area contributed by atoms with Gasteiger partial charge in [-0.15, -0.1) is 0 Å². The van der Waals surface area contributed by atoms with Crippen LogP contribution in [0.3, 0.4) is 0 Å². The van der Waals surface area contributed by atoms with E-state index in [0.29, 0.717) is 27.6 Å². The zero-order chi connectivity index (χ0) is 84.1. The maximum absolute atomic E-state index is 15.6. The molecule has 3 aromatic carbocycles. The molecule has 23 N–H and O–H groups in total. The molecule has 3 aliphatic rings. The van der Waals surface area contributed by atoms with Crippen LogP contribution in [0.4, 0.5) is 0 Å². The number of para-hydroxylation sites is 1. The number of rotatable bonds is 26. The predicted octanol–water partition coefficient (Wildman–Crippen LogP) is -4.44. The number of likely N-dealkylation sites (tertiary alicyclic amines) is 1. The Balaban J connectivity index is 1.25. The van der Waals surface area contributed by atoms with Gasteiger partial charge in [-0.2, -0.15) is 0 Å². The molecule has 3 aliphatic heterocycles. The van der Waals surface area contributed by atoms with Crippen LogP contribution in [0.1, 0.15) is 94.5 Å². The minimum atomic E-state index is -1.99. The van der Waals surface area contributed by atoms with Gasteiger partial charge in [0.05, 0.1) is 31.7 Å². The highest BCUT2D eigenvalue weighted by Gasteiger charge is 2.42. The van der Waals surface area contributed by atoms with Gasteiger partial charge in [0, 0.05) is 87.0 Å². The molecule has 3 fully saturated rings. The topological polar surface area (TPSA) is 605 Å². The van der Waals surface area contributed by atoms with Gasteiger partial charge in [-0.1, -0.05) is 96.1 Å². The number of hydrogen-bond donors (Lipinski definition) is 21. The molecule has 0 radical (unpaired) electrons. The second-order valence-electron chi connectivity index (χ2n) is 28.4. The Labute approximate surface area is 674 Å². The van der Waals surface area contributed by atoms with E-state index in [1.807, 2.05) is 0 Å². The maximum Gasteiger partial charge on any atom is 0.326 e. The summed E-state index contributed by atoms with van der Waals surface area (Å²) in [6.07, 6.45) is 2.16. The Bertz CT molecular complexity index is 4320. The number of imidazole rings is 1. The number of phenols is 1. The third kappa shape index (κ3) is 26.9. The van der Waals surface area contributed by atoms with E-state index in [4.69, 9.17) is 11.5 Å². The molecule has 2 bridgehead atoms. The molecule has 41 heteroatoms. The van der Waals surface area contributed by atoms with Gasteiger partial charge >= 0.3 is 5.97 Å². The molecule has 3 saturated heterocycles. The van der Waals surface area contributed by atoms with Gasteiger partial charge in [0.1, 0.15) is 84.3 Å². The molecule has 626 valence electrons. The fourth-order valence-electron chi connectivity index (χ4n) is 13.1. The summed E-state index contributed by atoms with van der Waals surface area (Å²) < 4.78 is 0. The number of aliphatic hydroxyl groups is 2. The first-order valence-corrected chi connectivity index (χ1v) is 40.2. The van der Waals surface area contributed by atoms with Crippen molar-refractivity contribution in [2.45, 2.75) is 176 Å². The highest BCUT2D eigenvalue weighted by atomic mass is 33.1. The molecule has 0 saturated carbocycles. The van der Waals surface area contributed by atoms with E-state index in [-0.39, 0.29) is 101 Å². The number of carboxylic acids is 1. The second-order valence-corrected chi connectivity index (χ2v) is 31.0. The first kappa shape index (κ1) is 89.7. The van der Waals surface area contributed by atoms with E-state index >= 15 is 38.4 Å². The van der Waals surface area contributed by atoms with Crippen LogP contribution in [0, 0.1) is 5.92 Å². The number of phenolic OH excluding ortho intramolecular Hbond substituents is 1. The van der Waals surface area contributed by atoms with Crippen molar-refractivity contribution in [3.05, 3.63) is 120 Å². The lowest BCUT2D eigenvalue weighted by Gasteiger charge is -2.31. The zero-order valence-electron chi connectivity index (χ0n) is 64.0. The lowest BCUT2D eigenvalue weighted by molar-refractivity contribution is -0.146. The van der Waals surface area contributed by atoms with Crippen molar-refractivity contribution < 1.29 is 92.3 Å². The standard InChI is InChI=1S/C75H100N20O19S2/c1-39(2)61(74(113)114)94-72(111)59-19-12-26-95(59)73(112)49-17-9-10-24-79-60(100)31-54-67(106)89-53(30-44-33-78-38-82-44)66(105)86-50(27-41-13-5-4-6-14-41)63(102)84-48(18-11-25-80-75(76)77)62(101)88-52(29-43-32-81-47-16-8-7-15-46(43)47)65(104)92-57(70(109)85-49)36-115-116-37-58(71(110)90-54)93-69(108)56(35-97)91-64(103)51(28-42-20-22-45(99)23-21-42)87-68(107)55(34-96)83-40(3)98/h4-8,13-16,20-23,32-33,38-39,48-59,61,81,96-97,99H,9-12,17-19,24-31,34-37H2,1-3H3,(H,78,82)(H,79,100)(H,83,98)(H,84,102)(H,85,109)(H,86,105)(H,87,107)(H,88,101)(H,89,106)(H,90,110)(H,91,103)(H,92,104)(H,93,108)(H,94,111)(H,113,114)(H4,76,77,80)/t48-,49+,50-,51+,52+,53-,54+,55+,56+,57+,58+,59+,61+/m1/s1. The largest absolute Gasteiger partial charge is 0.508 e.